The van der Waals surface area contributed by atoms with Gasteiger partial charge in [-0.05, 0) is 25.2 Å². The van der Waals surface area contributed by atoms with Crippen molar-refractivity contribution in [2.45, 2.75) is 20.3 Å². The molecule has 0 bridgehead atoms. The van der Waals surface area contributed by atoms with E-state index < -0.39 is 0 Å². The number of thioether (sulfide) groups is 1. The predicted octanol–water partition coefficient (Wildman–Crippen LogP) is 3.53. The average molecular weight is 166 g/mol. The van der Waals surface area contributed by atoms with Crippen LogP contribution in [0.1, 0.15) is 20.3 Å². The zero-order chi connectivity index (χ0) is 8.10. The molecule has 1 aliphatic carbocycles. The second-order valence-electron chi connectivity index (χ2n) is 2.56. The fourth-order valence-corrected chi connectivity index (χ4v) is 1.70. The van der Waals surface area contributed by atoms with Gasteiger partial charge in [0.15, 0.2) is 0 Å². The van der Waals surface area contributed by atoms with Gasteiger partial charge in [0.05, 0.1) is 0 Å². The summed E-state index contributed by atoms with van der Waals surface area (Å²) in [5.41, 5.74) is 1.37. The molecule has 0 amide bonds. The van der Waals surface area contributed by atoms with Crippen molar-refractivity contribution in [2.75, 3.05) is 5.75 Å². The maximum atomic E-state index is 2.28. The van der Waals surface area contributed by atoms with Crippen molar-refractivity contribution in [3.63, 3.8) is 0 Å². The predicted molar refractivity (Wildman–Crippen MR) is 53.7 cm³/mol. The molecule has 1 heteroatoms. The molecule has 0 aromatic rings. The standard InChI is InChI=1S/C10H14S/c1-3-11-10-6-4-5-9(2)7-8-10/h5-8H,3-4H2,1-2H3. The summed E-state index contributed by atoms with van der Waals surface area (Å²) in [5.74, 6) is 1.16. The summed E-state index contributed by atoms with van der Waals surface area (Å²) < 4.78 is 0. The van der Waals surface area contributed by atoms with Gasteiger partial charge in [-0.25, -0.2) is 0 Å². The molecule has 1 rings (SSSR count). The van der Waals surface area contributed by atoms with Gasteiger partial charge in [-0.15, -0.1) is 11.8 Å². The van der Waals surface area contributed by atoms with E-state index in [1.807, 2.05) is 11.8 Å². The maximum absolute atomic E-state index is 2.28. The first kappa shape index (κ1) is 8.66. The van der Waals surface area contributed by atoms with Gasteiger partial charge in [0.25, 0.3) is 0 Å². The molecular weight excluding hydrogens is 152 g/mol. The third kappa shape index (κ3) is 2.98. The molecule has 0 spiro atoms. The maximum Gasteiger partial charge on any atom is 0.00351 e. The minimum Gasteiger partial charge on any atom is -0.127 e. The zero-order valence-electron chi connectivity index (χ0n) is 7.13. The Morgan fingerprint density at radius 2 is 2.18 bits per heavy atom. The van der Waals surface area contributed by atoms with Crippen LogP contribution in [0.25, 0.3) is 0 Å². The normalized spacial score (nSPS) is 17.3. The molecule has 0 unspecified atom stereocenters. The molecule has 0 radical (unpaired) electrons. The van der Waals surface area contributed by atoms with Crippen LogP contribution in [0, 0.1) is 0 Å². The van der Waals surface area contributed by atoms with Crippen LogP contribution in [-0.4, -0.2) is 5.75 Å². The summed E-state index contributed by atoms with van der Waals surface area (Å²) in [7, 11) is 0. The Hall–Kier alpha value is -0.430. The van der Waals surface area contributed by atoms with Crippen molar-refractivity contribution in [1.82, 2.24) is 0 Å². The summed E-state index contributed by atoms with van der Waals surface area (Å²) in [6.45, 7) is 4.33. The molecule has 0 aromatic heterocycles. The van der Waals surface area contributed by atoms with Crippen LogP contribution in [0.2, 0.25) is 0 Å². The number of allylic oxidation sites excluding steroid dienone is 5. The van der Waals surface area contributed by atoms with E-state index in [0.29, 0.717) is 0 Å². The van der Waals surface area contributed by atoms with Crippen LogP contribution in [0.5, 0.6) is 0 Å². The quantitative estimate of drug-likeness (QED) is 0.604. The topological polar surface area (TPSA) is 0 Å². The van der Waals surface area contributed by atoms with E-state index >= 15 is 0 Å². The highest BCUT2D eigenvalue weighted by molar-refractivity contribution is 8.03. The van der Waals surface area contributed by atoms with E-state index in [4.69, 9.17) is 0 Å². The Labute approximate surface area is 73.1 Å². The van der Waals surface area contributed by atoms with E-state index in [0.717, 1.165) is 12.2 Å². The van der Waals surface area contributed by atoms with Crippen molar-refractivity contribution in [3.05, 3.63) is 34.8 Å². The average Bonchev–Trinajstić information content (AvgIpc) is 2.17. The minimum atomic E-state index is 1.08. The monoisotopic (exact) mass is 166 g/mol. The van der Waals surface area contributed by atoms with Crippen molar-refractivity contribution < 1.29 is 0 Å². The van der Waals surface area contributed by atoms with Crippen molar-refractivity contribution in [2.24, 2.45) is 0 Å². The molecule has 11 heavy (non-hydrogen) atoms. The lowest BCUT2D eigenvalue weighted by Gasteiger charge is -1.95. The first-order valence-corrected chi connectivity index (χ1v) is 4.99. The van der Waals surface area contributed by atoms with E-state index in [-0.39, 0.29) is 0 Å². The van der Waals surface area contributed by atoms with Crippen LogP contribution in [-0.2, 0) is 0 Å². The zero-order valence-corrected chi connectivity index (χ0v) is 7.95. The number of rotatable bonds is 2. The molecule has 60 valence electrons. The van der Waals surface area contributed by atoms with E-state index in [1.54, 1.807) is 0 Å². The third-order valence-electron chi connectivity index (χ3n) is 1.58. The van der Waals surface area contributed by atoms with Crippen LogP contribution in [0.3, 0.4) is 0 Å². The molecule has 1 aliphatic rings. The molecule has 0 fully saturated rings. The summed E-state index contributed by atoms with van der Waals surface area (Å²) in [5, 5.41) is 0. The smallest absolute Gasteiger partial charge is 0.00351 e. The fraction of sp³-hybridized carbons (Fsp3) is 0.400. The molecule has 0 saturated carbocycles. The molecule has 0 heterocycles. The first-order chi connectivity index (χ1) is 5.33. The van der Waals surface area contributed by atoms with Crippen LogP contribution >= 0.6 is 11.8 Å². The largest absolute Gasteiger partial charge is 0.127 e. The van der Waals surface area contributed by atoms with E-state index in [1.165, 1.54) is 10.5 Å². The van der Waals surface area contributed by atoms with Gasteiger partial charge in [-0.3, -0.25) is 0 Å². The van der Waals surface area contributed by atoms with E-state index in [9.17, 15) is 0 Å². The van der Waals surface area contributed by atoms with Crippen LogP contribution in [0.15, 0.2) is 34.8 Å². The molecular formula is C10H14S. The highest BCUT2D eigenvalue weighted by atomic mass is 32.2. The van der Waals surface area contributed by atoms with Crippen LogP contribution in [0.4, 0.5) is 0 Å². The summed E-state index contributed by atoms with van der Waals surface area (Å²) in [4.78, 5) is 1.40. The van der Waals surface area contributed by atoms with Crippen molar-refractivity contribution in [1.29, 1.82) is 0 Å². The van der Waals surface area contributed by atoms with Gasteiger partial charge in [0.1, 0.15) is 0 Å². The summed E-state index contributed by atoms with van der Waals surface area (Å²) in [6.07, 6.45) is 10.00. The lowest BCUT2D eigenvalue weighted by atomic mass is 10.2. The number of hydrogen-bond acceptors (Lipinski definition) is 1. The SMILES string of the molecule is CCSC1=CCC=C(C)C=C1. The van der Waals surface area contributed by atoms with Gasteiger partial charge in [0, 0.05) is 4.91 Å². The van der Waals surface area contributed by atoms with Gasteiger partial charge in [0.2, 0.25) is 0 Å². The van der Waals surface area contributed by atoms with Gasteiger partial charge in [-0.1, -0.05) is 30.7 Å². The number of hydrogen-bond donors (Lipinski definition) is 0. The van der Waals surface area contributed by atoms with E-state index in [2.05, 4.69) is 38.2 Å². The molecule has 0 N–H and O–H groups in total. The van der Waals surface area contributed by atoms with Crippen LogP contribution < -0.4 is 0 Å². The highest BCUT2D eigenvalue weighted by Gasteiger charge is 1.93. The highest BCUT2D eigenvalue weighted by Crippen LogP contribution is 2.20. The Morgan fingerprint density at radius 1 is 1.36 bits per heavy atom. The Balaban J connectivity index is 2.58. The minimum absolute atomic E-state index is 1.08. The Bertz CT molecular complexity index is 209. The molecule has 0 aromatic carbocycles. The van der Waals surface area contributed by atoms with Gasteiger partial charge >= 0.3 is 0 Å². The second kappa shape index (κ2) is 4.45. The lowest BCUT2D eigenvalue weighted by molar-refractivity contribution is 1.35. The summed E-state index contributed by atoms with van der Waals surface area (Å²) in [6, 6.07) is 0. The molecule has 0 aliphatic heterocycles. The lowest BCUT2D eigenvalue weighted by Crippen LogP contribution is -1.70. The van der Waals surface area contributed by atoms with Crippen molar-refractivity contribution >= 4 is 11.8 Å². The third-order valence-corrected chi connectivity index (χ3v) is 2.51. The summed E-state index contributed by atoms with van der Waals surface area (Å²) >= 11 is 1.91. The second-order valence-corrected chi connectivity index (χ2v) is 3.89. The Morgan fingerprint density at radius 3 is 2.91 bits per heavy atom. The molecule has 0 saturated heterocycles. The van der Waals surface area contributed by atoms with Gasteiger partial charge < -0.3 is 0 Å². The Kier molecular flexibility index (Phi) is 3.50. The first-order valence-electron chi connectivity index (χ1n) is 4.00. The molecule has 0 atom stereocenters. The van der Waals surface area contributed by atoms with Gasteiger partial charge in [-0.2, -0.15) is 0 Å². The molecule has 0 nitrogen and oxygen atoms in total. The van der Waals surface area contributed by atoms with Crippen molar-refractivity contribution in [3.8, 4) is 0 Å². The fourth-order valence-electron chi connectivity index (χ4n) is 0.984.